The van der Waals surface area contributed by atoms with E-state index < -0.39 is 6.10 Å². The van der Waals surface area contributed by atoms with Crippen LogP contribution in [0.5, 0.6) is 0 Å². The zero-order valence-corrected chi connectivity index (χ0v) is 39.4. The quantitative estimate of drug-likeness (QED) is 0.0263. The molecule has 0 bridgehead atoms. The van der Waals surface area contributed by atoms with Crippen molar-refractivity contribution in [3.63, 3.8) is 0 Å². The summed E-state index contributed by atoms with van der Waals surface area (Å²) in [6.07, 6.45) is 64.2. The predicted molar refractivity (Wildman–Crippen MR) is 260 cm³/mol. The third kappa shape index (κ3) is 47.2. The summed E-state index contributed by atoms with van der Waals surface area (Å²) < 4.78 is 16.6. The molecule has 0 aliphatic heterocycles. The van der Waals surface area contributed by atoms with Crippen molar-refractivity contribution >= 4 is 17.9 Å². The molecule has 0 rings (SSSR count). The summed E-state index contributed by atoms with van der Waals surface area (Å²) in [5.41, 5.74) is 0. The molecule has 6 heteroatoms. The van der Waals surface area contributed by atoms with E-state index in [0.29, 0.717) is 19.3 Å². The van der Waals surface area contributed by atoms with Crippen LogP contribution in [0.2, 0.25) is 0 Å². The molecule has 0 saturated heterocycles. The van der Waals surface area contributed by atoms with Crippen LogP contribution in [0.25, 0.3) is 0 Å². The van der Waals surface area contributed by atoms with Gasteiger partial charge in [-0.15, -0.1) is 0 Å². The number of rotatable bonds is 43. The second-order valence-corrected chi connectivity index (χ2v) is 16.0. The Morgan fingerprint density at radius 2 is 0.639 bits per heavy atom. The first-order valence-corrected chi connectivity index (χ1v) is 24.7. The average Bonchev–Trinajstić information content (AvgIpc) is 3.26. The molecule has 0 aromatic rings. The largest absolute Gasteiger partial charge is 0.462 e. The first-order valence-electron chi connectivity index (χ1n) is 24.7. The molecule has 346 valence electrons. The van der Waals surface area contributed by atoms with Crippen LogP contribution in [-0.4, -0.2) is 37.2 Å². The van der Waals surface area contributed by atoms with Gasteiger partial charge < -0.3 is 14.2 Å². The lowest BCUT2D eigenvalue weighted by atomic mass is 10.1. The first kappa shape index (κ1) is 57.3. The lowest BCUT2D eigenvalue weighted by Gasteiger charge is -2.18. The Morgan fingerprint density at radius 3 is 1.00 bits per heavy atom. The van der Waals surface area contributed by atoms with E-state index in [-0.39, 0.29) is 31.1 Å². The molecule has 0 aliphatic rings. The van der Waals surface area contributed by atoms with Crippen molar-refractivity contribution in [3.8, 4) is 0 Å². The van der Waals surface area contributed by atoms with Gasteiger partial charge in [-0.3, -0.25) is 14.4 Å². The Kier molecular flexibility index (Phi) is 46.0. The normalized spacial score (nSPS) is 12.9. The maximum Gasteiger partial charge on any atom is 0.306 e. The Labute approximate surface area is 375 Å². The van der Waals surface area contributed by atoms with Gasteiger partial charge in [0, 0.05) is 19.3 Å². The molecular formula is C55H90O6. The Balaban J connectivity index is 4.25. The summed E-state index contributed by atoms with van der Waals surface area (Å²) in [7, 11) is 0. The van der Waals surface area contributed by atoms with Gasteiger partial charge in [-0.2, -0.15) is 0 Å². The van der Waals surface area contributed by atoms with Crippen molar-refractivity contribution in [3.05, 3.63) is 97.2 Å². The molecule has 1 unspecified atom stereocenters. The van der Waals surface area contributed by atoms with Gasteiger partial charge in [0.25, 0.3) is 0 Å². The second kappa shape index (κ2) is 49.0. The maximum absolute atomic E-state index is 12.7. The summed E-state index contributed by atoms with van der Waals surface area (Å²) in [6, 6.07) is 0. The summed E-state index contributed by atoms with van der Waals surface area (Å²) in [6.45, 7) is 6.29. The van der Waals surface area contributed by atoms with Gasteiger partial charge in [0.05, 0.1) is 0 Å². The fourth-order valence-electron chi connectivity index (χ4n) is 6.42. The van der Waals surface area contributed by atoms with Crippen LogP contribution in [0.3, 0.4) is 0 Å². The van der Waals surface area contributed by atoms with Gasteiger partial charge in [-0.1, -0.05) is 195 Å². The van der Waals surface area contributed by atoms with E-state index in [1.165, 1.54) is 32.1 Å². The minimum atomic E-state index is -0.788. The molecule has 0 amide bonds. The molecule has 0 spiro atoms. The van der Waals surface area contributed by atoms with Crippen LogP contribution in [0.4, 0.5) is 0 Å². The number of hydrogen-bond donors (Lipinski definition) is 0. The highest BCUT2D eigenvalue weighted by Gasteiger charge is 2.19. The van der Waals surface area contributed by atoms with Gasteiger partial charge in [-0.25, -0.2) is 0 Å². The number of carbonyl (C=O) groups is 3. The number of hydrogen-bond acceptors (Lipinski definition) is 6. The Hall–Kier alpha value is -3.67. The van der Waals surface area contributed by atoms with Crippen LogP contribution in [0.15, 0.2) is 97.2 Å². The standard InChI is InChI=1S/C55H90O6/c1-4-7-10-13-15-17-19-21-23-25-26-27-28-30-31-33-35-37-39-42-45-48-54(57)60-51-52(50-59-53(56)47-44-41-12-9-6-3)61-55(58)49-46-43-40-38-36-34-32-29-24-22-20-18-16-14-11-8-5-2/h7-8,10-11,15-18,21-24,26-27,30-31,52H,4-6,9,12-14,19-20,25,28-29,32-51H2,1-3H3/b10-7-,11-8-,17-15-,18-16-,23-21-,24-22-,27-26-,31-30-. The number of esters is 3. The molecule has 0 aromatic heterocycles. The van der Waals surface area contributed by atoms with Crippen LogP contribution < -0.4 is 0 Å². The van der Waals surface area contributed by atoms with Crippen molar-refractivity contribution in [1.82, 2.24) is 0 Å². The van der Waals surface area contributed by atoms with Crippen molar-refractivity contribution < 1.29 is 28.6 Å². The van der Waals surface area contributed by atoms with Gasteiger partial charge in [0.1, 0.15) is 13.2 Å². The summed E-state index contributed by atoms with van der Waals surface area (Å²) in [5, 5.41) is 0. The lowest BCUT2D eigenvalue weighted by Crippen LogP contribution is -2.30. The minimum absolute atomic E-state index is 0.0900. The molecular weight excluding hydrogens is 757 g/mol. The van der Waals surface area contributed by atoms with Crippen LogP contribution in [-0.2, 0) is 28.6 Å². The zero-order valence-electron chi connectivity index (χ0n) is 39.4. The third-order valence-electron chi connectivity index (χ3n) is 10.1. The van der Waals surface area contributed by atoms with E-state index in [9.17, 15) is 14.4 Å². The second-order valence-electron chi connectivity index (χ2n) is 16.0. The third-order valence-corrected chi connectivity index (χ3v) is 10.1. The highest BCUT2D eigenvalue weighted by atomic mass is 16.6. The van der Waals surface area contributed by atoms with Gasteiger partial charge in [0.2, 0.25) is 0 Å². The molecule has 0 fully saturated rings. The zero-order chi connectivity index (χ0) is 44.4. The minimum Gasteiger partial charge on any atom is -0.462 e. The van der Waals surface area contributed by atoms with E-state index in [1.54, 1.807) is 0 Å². The smallest absolute Gasteiger partial charge is 0.306 e. The lowest BCUT2D eigenvalue weighted by molar-refractivity contribution is -0.167. The average molecular weight is 847 g/mol. The summed E-state index contributed by atoms with van der Waals surface area (Å²) in [5.74, 6) is -0.939. The SMILES string of the molecule is CC/C=C\C/C=C\C/C=C\C/C=C\C/C=C\CCCCCCCC(=O)OCC(COC(=O)CCCCCCC)OC(=O)CCCCCCCCC/C=C\C/C=C\C/C=C\CC. The molecule has 0 heterocycles. The highest BCUT2D eigenvalue weighted by Crippen LogP contribution is 2.13. The van der Waals surface area contributed by atoms with Crippen LogP contribution in [0, 0.1) is 0 Å². The van der Waals surface area contributed by atoms with Gasteiger partial charge in [-0.05, 0) is 96.3 Å². The fourth-order valence-corrected chi connectivity index (χ4v) is 6.42. The predicted octanol–water partition coefficient (Wildman–Crippen LogP) is 16.2. The Bertz CT molecular complexity index is 1250. The molecule has 0 radical (unpaired) electrons. The number of carbonyl (C=O) groups excluding carboxylic acids is 3. The molecule has 0 saturated carbocycles. The number of unbranched alkanes of at least 4 members (excludes halogenated alkanes) is 16. The van der Waals surface area contributed by atoms with Crippen molar-refractivity contribution in [2.45, 2.75) is 219 Å². The molecule has 0 N–H and O–H groups in total. The van der Waals surface area contributed by atoms with E-state index in [4.69, 9.17) is 14.2 Å². The van der Waals surface area contributed by atoms with Crippen molar-refractivity contribution in [1.29, 1.82) is 0 Å². The van der Waals surface area contributed by atoms with Crippen molar-refractivity contribution in [2.75, 3.05) is 13.2 Å². The Morgan fingerprint density at radius 1 is 0.344 bits per heavy atom. The molecule has 0 aliphatic carbocycles. The molecule has 1 atom stereocenters. The molecule has 61 heavy (non-hydrogen) atoms. The first-order chi connectivity index (χ1) is 30.0. The van der Waals surface area contributed by atoms with Gasteiger partial charge >= 0.3 is 17.9 Å². The van der Waals surface area contributed by atoms with E-state index in [0.717, 1.165) is 141 Å². The number of allylic oxidation sites excluding steroid dienone is 16. The topological polar surface area (TPSA) is 78.9 Å². The monoisotopic (exact) mass is 847 g/mol. The van der Waals surface area contributed by atoms with Crippen LogP contribution >= 0.6 is 0 Å². The van der Waals surface area contributed by atoms with Crippen LogP contribution in [0.1, 0.15) is 213 Å². The van der Waals surface area contributed by atoms with Crippen molar-refractivity contribution in [2.24, 2.45) is 0 Å². The summed E-state index contributed by atoms with van der Waals surface area (Å²) in [4.78, 5) is 37.6. The summed E-state index contributed by atoms with van der Waals surface area (Å²) >= 11 is 0. The number of ether oxygens (including phenoxy) is 3. The van der Waals surface area contributed by atoms with E-state index >= 15 is 0 Å². The van der Waals surface area contributed by atoms with E-state index in [2.05, 4.69) is 118 Å². The highest BCUT2D eigenvalue weighted by molar-refractivity contribution is 5.71. The maximum atomic E-state index is 12.7. The fraction of sp³-hybridized carbons (Fsp3) is 0.655. The molecule has 0 aromatic carbocycles. The molecule has 6 nitrogen and oxygen atoms in total. The van der Waals surface area contributed by atoms with Gasteiger partial charge in [0.15, 0.2) is 6.10 Å². The van der Waals surface area contributed by atoms with E-state index in [1.807, 2.05) is 0 Å².